The number of hydrogen-bond donors (Lipinski definition) is 1. The molecule has 1 aromatic carbocycles. The lowest BCUT2D eigenvalue weighted by Crippen LogP contribution is -2.43. The highest BCUT2D eigenvalue weighted by atomic mass is 16.5. The third-order valence-corrected chi connectivity index (χ3v) is 3.77. The van der Waals surface area contributed by atoms with E-state index in [1.807, 2.05) is 19.1 Å². The van der Waals surface area contributed by atoms with Crippen molar-refractivity contribution >= 4 is 11.7 Å². The number of ether oxygens (including phenoxy) is 1. The summed E-state index contributed by atoms with van der Waals surface area (Å²) in [5, 5.41) is 11.9. The van der Waals surface area contributed by atoms with Crippen molar-refractivity contribution in [3.8, 4) is 11.8 Å². The lowest BCUT2D eigenvalue weighted by Gasteiger charge is -2.34. The Bertz CT molecular complexity index is 528. The first kappa shape index (κ1) is 14.2. The number of nitrogens with one attached hydrogen (secondary N) is 1. The smallest absolute Gasteiger partial charge is 0.321 e. The van der Waals surface area contributed by atoms with Crippen molar-refractivity contribution in [3.63, 3.8) is 0 Å². The fourth-order valence-electron chi connectivity index (χ4n) is 2.26. The van der Waals surface area contributed by atoms with Crippen LogP contribution in [-0.2, 0) is 0 Å². The van der Waals surface area contributed by atoms with E-state index in [1.165, 1.54) is 0 Å². The highest BCUT2D eigenvalue weighted by molar-refractivity contribution is 5.91. The normalized spacial score (nSPS) is 17.1. The van der Waals surface area contributed by atoms with Gasteiger partial charge in [0.2, 0.25) is 0 Å². The average Bonchev–Trinajstić information content (AvgIpc) is 2.48. The Morgan fingerprint density at radius 1 is 1.40 bits per heavy atom. The Kier molecular flexibility index (Phi) is 4.14. The van der Waals surface area contributed by atoms with Crippen LogP contribution >= 0.6 is 0 Å². The minimum atomic E-state index is -0.304. The van der Waals surface area contributed by atoms with Crippen molar-refractivity contribution in [1.29, 1.82) is 5.26 Å². The molecule has 1 heterocycles. The molecule has 0 aromatic heterocycles. The number of piperidine rings is 1. The Morgan fingerprint density at radius 3 is 2.65 bits per heavy atom. The van der Waals surface area contributed by atoms with Crippen LogP contribution in [0, 0.1) is 16.7 Å². The molecule has 20 heavy (non-hydrogen) atoms. The Morgan fingerprint density at radius 2 is 2.05 bits per heavy atom. The number of carbonyl (C=O) groups is 1. The van der Waals surface area contributed by atoms with E-state index in [-0.39, 0.29) is 11.4 Å². The fraction of sp³-hybridized carbons (Fsp3) is 0.467. The summed E-state index contributed by atoms with van der Waals surface area (Å²) in [4.78, 5) is 14.0. The first-order valence-electron chi connectivity index (χ1n) is 6.68. The van der Waals surface area contributed by atoms with Gasteiger partial charge in [-0.3, -0.25) is 0 Å². The van der Waals surface area contributed by atoms with E-state index in [1.54, 1.807) is 24.1 Å². The molecule has 1 aromatic rings. The molecule has 0 unspecified atom stereocenters. The molecule has 1 N–H and O–H groups in total. The van der Waals surface area contributed by atoms with Crippen molar-refractivity contribution in [2.24, 2.45) is 5.41 Å². The lowest BCUT2D eigenvalue weighted by atomic mass is 9.82. The van der Waals surface area contributed by atoms with E-state index < -0.39 is 0 Å². The van der Waals surface area contributed by atoms with Gasteiger partial charge in [-0.25, -0.2) is 4.79 Å². The predicted octanol–water partition coefficient (Wildman–Crippen LogP) is 2.85. The molecule has 0 radical (unpaired) electrons. The van der Waals surface area contributed by atoms with Crippen molar-refractivity contribution in [1.82, 2.24) is 4.90 Å². The number of likely N-dealkylation sites (tertiary alicyclic amines) is 1. The van der Waals surface area contributed by atoms with E-state index >= 15 is 0 Å². The molecule has 1 aliphatic heterocycles. The SMILES string of the molecule is COc1ccccc1NC(=O)N1CCC(C)(C#N)CC1. The number of benzene rings is 1. The van der Waals surface area contributed by atoms with Crippen LogP contribution in [0.4, 0.5) is 10.5 Å². The highest BCUT2D eigenvalue weighted by Gasteiger charge is 2.31. The summed E-state index contributed by atoms with van der Waals surface area (Å²) in [7, 11) is 1.57. The van der Waals surface area contributed by atoms with Gasteiger partial charge in [0, 0.05) is 13.1 Å². The van der Waals surface area contributed by atoms with Crippen LogP contribution in [-0.4, -0.2) is 31.1 Å². The number of methoxy groups -OCH3 is 1. The Balaban J connectivity index is 1.98. The van der Waals surface area contributed by atoms with Crippen LogP contribution in [0.5, 0.6) is 5.75 Å². The van der Waals surface area contributed by atoms with Gasteiger partial charge < -0.3 is 15.0 Å². The molecule has 106 valence electrons. The van der Waals surface area contributed by atoms with Crippen molar-refractivity contribution in [2.45, 2.75) is 19.8 Å². The summed E-state index contributed by atoms with van der Waals surface area (Å²) < 4.78 is 5.21. The number of para-hydroxylation sites is 2. The van der Waals surface area contributed by atoms with Gasteiger partial charge in [-0.2, -0.15) is 5.26 Å². The molecule has 0 aliphatic carbocycles. The van der Waals surface area contributed by atoms with Crippen molar-refractivity contribution in [3.05, 3.63) is 24.3 Å². The second kappa shape index (κ2) is 5.83. The van der Waals surface area contributed by atoms with Crippen molar-refractivity contribution < 1.29 is 9.53 Å². The maximum atomic E-state index is 12.2. The quantitative estimate of drug-likeness (QED) is 0.901. The minimum absolute atomic E-state index is 0.144. The summed E-state index contributed by atoms with van der Waals surface area (Å²) in [6.45, 7) is 3.15. The highest BCUT2D eigenvalue weighted by Crippen LogP contribution is 2.30. The second-order valence-corrected chi connectivity index (χ2v) is 5.29. The van der Waals surface area contributed by atoms with Gasteiger partial charge in [0.15, 0.2) is 0 Å². The molecule has 1 saturated heterocycles. The molecule has 2 amide bonds. The number of hydrogen-bond acceptors (Lipinski definition) is 3. The van der Waals surface area contributed by atoms with Gasteiger partial charge in [0.1, 0.15) is 5.75 Å². The fourth-order valence-corrected chi connectivity index (χ4v) is 2.26. The van der Waals surface area contributed by atoms with Gasteiger partial charge in [0.25, 0.3) is 0 Å². The minimum Gasteiger partial charge on any atom is -0.495 e. The van der Waals surface area contributed by atoms with E-state index in [0.29, 0.717) is 37.4 Å². The number of urea groups is 1. The van der Waals surface area contributed by atoms with E-state index in [2.05, 4.69) is 11.4 Å². The maximum absolute atomic E-state index is 12.2. The number of amides is 2. The predicted molar refractivity (Wildman–Crippen MR) is 76.5 cm³/mol. The zero-order valence-electron chi connectivity index (χ0n) is 11.8. The molecule has 0 bridgehead atoms. The largest absolute Gasteiger partial charge is 0.495 e. The first-order chi connectivity index (χ1) is 9.58. The van der Waals surface area contributed by atoms with Crippen LogP contribution in [0.15, 0.2) is 24.3 Å². The van der Waals surface area contributed by atoms with Gasteiger partial charge in [-0.15, -0.1) is 0 Å². The monoisotopic (exact) mass is 273 g/mol. The van der Waals surface area contributed by atoms with Crippen LogP contribution < -0.4 is 10.1 Å². The molecule has 0 saturated carbocycles. The summed E-state index contributed by atoms with van der Waals surface area (Å²) in [5.74, 6) is 0.639. The first-order valence-corrected chi connectivity index (χ1v) is 6.68. The molecular formula is C15H19N3O2. The standard InChI is InChI=1S/C15H19N3O2/c1-15(11-16)7-9-18(10-8-15)14(19)17-12-5-3-4-6-13(12)20-2/h3-6H,7-10H2,1-2H3,(H,17,19). The molecule has 0 atom stereocenters. The number of anilines is 1. The average molecular weight is 273 g/mol. The van der Waals surface area contributed by atoms with Crippen LogP contribution in [0.25, 0.3) is 0 Å². The second-order valence-electron chi connectivity index (χ2n) is 5.29. The Hall–Kier alpha value is -2.22. The number of nitrogens with zero attached hydrogens (tertiary/aromatic N) is 2. The third kappa shape index (κ3) is 3.02. The molecule has 2 rings (SSSR count). The van der Waals surface area contributed by atoms with E-state index in [9.17, 15) is 4.79 Å². The van der Waals surface area contributed by atoms with Gasteiger partial charge >= 0.3 is 6.03 Å². The van der Waals surface area contributed by atoms with Gasteiger partial charge in [0.05, 0.1) is 24.3 Å². The van der Waals surface area contributed by atoms with Crippen LogP contribution in [0.1, 0.15) is 19.8 Å². The molecular weight excluding hydrogens is 254 g/mol. The molecule has 5 nitrogen and oxygen atoms in total. The number of rotatable bonds is 2. The Labute approximate surface area is 119 Å². The van der Waals surface area contributed by atoms with Gasteiger partial charge in [-0.05, 0) is 31.9 Å². The third-order valence-electron chi connectivity index (χ3n) is 3.77. The molecule has 5 heteroatoms. The molecule has 0 spiro atoms. The topological polar surface area (TPSA) is 65.4 Å². The summed E-state index contributed by atoms with van der Waals surface area (Å²) in [5.41, 5.74) is 0.356. The van der Waals surface area contributed by atoms with E-state index in [0.717, 1.165) is 0 Å². The zero-order valence-corrected chi connectivity index (χ0v) is 11.8. The van der Waals surface area contributed by atoms with E-state index in [4.69, 9.17) is 10.00 Å². The summed E-state index contributed by atoms with van der Waals surface area (Å²) >= 11 is 0. The summed E-state index contributed by atoms with van der Waals surface area (Å²) in [6, 6.07) is 9.50. The van der Waals surface area contributed by atoms with Crippen LogP contribution in [0.2, 0.25) is 0 Å². The number of nitriles is 1. The van der Waals surface area contributed by atoms with Crippen molar-refractivity contribution in [2.75, 3.05) is 25.5 Å². The van der Waals surface area contributed by atoms with Crippen LogP contribution in [0.3, 0.4) is 0 Å². The maximum Gasteiger partial charge on any atom is 0.321 e. The lowest BCUT2D eigenvalue weighted by molar-refractivity contribution is 0.166. The number of carbonyl (C=O) groups excluding carboxylic acids is 1. The van der Waals surface area contributed by atoms with Gasteiger partial charge in [-0.1, -0.05) is 12.1 Å². The zero-order chi connectivity index (χ0) is 14.6. The summed E-state index contributed by atoms with van der Waals surface area (Å²) in [6.07, 6.45) is 1.42. The molecule has 1 fully saturated rings. The molecule has 1 aliphatic rings.